The summed E-state index contributed by atoms with van der Waals surface area (Å²) in [6.07, 6.45) is 1.11. The second-order valence-electron chi connectivity index (χ2n) is 10.4. The summed E-state index contributed by atoms with van der Waals surface area (Å²) in [5.41, 5.74) is 1.68. The number of aromatic nitrogens is 1. The Hall–Kier alpha value is -3.16. The number of nitrogens with zero attached hydrogens (tertiary/aromatic N) is 2. The van der Waals surface area contributed by atoms with E-state index in [4.69, 9.17) is 4.52 Å². The SMILES string of the molecule is Cc1cc(NC(=O)C2CCN(C(=O)C(NC(=O)c3ccc(C(C)(C)C)cc3)C(C)C)CC2)no1. The lowest BCUT2D eigenvalue weighted by Crippen LogP contribution is -2.53. The molecule has 2 N–H and O–H groups in total. The van der Waals surface area contributed by atoms with Crippen LogP contribution >= 0.6 is 0 Å². The van der Waals surface area contributed by atoms with Crippen molar-refractivity contribution in [3.05, 3.63) is 47.2 Å². The zero-order chi connectivity index (χ0) is 25.0. The molecule has 8 nitrogen and oxygen atoms in total. The Morgan fingerprint density at radius 3 is 2.21 bits per heavy atom. The fraction of sp³-hybridized carbons (Fsp3) is 0.538. The standard InChI is InChI=1S/C26H36N4O4/c1-16(2)22(28-24(32)18-7-9-20(10-8-18)26(4,5)6)25(33)30-13-11-19(12-14-30)23(31)27-21-15-17(3)34-29-21/h7-10,15-16,19,22H,11-14H2,1-6H3,(H,28,32)(H,27,29,31). The van der Waals surface area contributed by atoms with Gasteiger partial charge in [0.2, 0.25) is 11.8 Å². The van der Waals surface area contributed by atoms with E-state index in [1.807, 2.05) is 26.0 Å². The van der Waals surface area contributed by atoms with Crippen LogP contribution in [0.3, 0.4) is 0 Å². The van der Waals surface area contributed by atoms with E-state index in [2.05, 4.69) is 36.6 Å². The molecule has 1 saturated heterocycles. The normalized spacial score (nSPS) is 15.8. The van der Waals surface area contributed by atoms with Crippen LogP contribution in [0.1, 0.15) is 69.1 Å². The number of rotatable bonds is 6. The molecule has 0 spiro atoms. The van der Waals surface area contributed by atoms with Crippen molar-refractivity contribution >= 4 is 23.5 Å². The van der Waals surface area contributed by atoms with Crippen LogP contribution < -0.4 is 10.6 Å². The number of hydrogen-bond acceptors (Lipinski definition) is 5. The van der Waals surface area contributed by atoms with Crippen LogP contribution in [0.5, 0.6) is 0 Å². The highest BCUT2D eigenvalue weighted by Gasteiger charge is 2.33. The molecule has 0 aliphatic carbocycles. The first kappa shape index (κ1) is 25.5. The Morgan fingerprint density at radius 1 is 1.09 bits per heavy atom. The number of amides is 3. The third-order valence-corrected chi connectivity index (χ3v) is 6.29. The van der Waals surface area contributed by atoms with E-state index in [1.165, 1.54) is 0 Å². The number of benzene rings is 1. The molecule has 3 rings (SSSR count). The van der Waals surface area contributed by atoms with Gasteiger partial charge in [0, 0.05) is 30.6 Å². The van der Waals surface area contributed by atoms with Gasteiger partial charge in [0.05, 0.1) is 0 Å². The highest BCUT2D eigenvalue weighted by atomic mass is 16.5. The lowest BCUT2D eigenvalue weighted by Gasteiger charge is -2.35. The largest absolute Gasteiger partial charge is 0.360 e. The van der Waals surface area contributed by atoms with Gasteiger partial charge in [-0.1, -0.05) is 51.9 Å². The number of hydrogen-bond donors (Lipinski definition) is 2. The predicted molar refractivity (Wildman–Crippen MR) is 130 cm³/mol. The van der Waals surface area contributed by atoms with Crippen LogP contribution in [0.15, 0.2) is 34.9 Å². The number of piperidine rings is 1. The van der Waals surface area contributed by atoms with Gasteiger partial charge in [0.15, 0.2) is 5.82 Å². The summed E-state index contributed by atoms with van der Waals surface area (Å²) in [4.78, 5) is 40.4. The summed E-state index contributed by atoms with van der Waals surface area (Å²) in [7, 11) is 0. The van der Waals surface area contributed by atoms with E-state index in [9.17, 15) is 14.4 Å². The lowest BCUT2D eigenvalue weighted by atomic mass is 9.86. The lowest BCUT2D eigenvalue weighted by molar-refractivity contribution is -0.137. The van der Waals surface area contributed by atoms with E-state index in [0.717, 1.165) is 5.56 Å². The van der Waals surface area contributed by atoms with Crippen LogP contribution in [0.4, 0.5) is 5.82 Å². The van der Waals surface area contributed by atoms with Crippen molar-refractivity contribution in [1.29, 1.82) is 0 Å². The van der Waals surface area contributed by atoms with Crippen molar-refractivity contribution in [2.45, 2.75) is 65.8 Å². The van der Waals surface area contributed by atoms with Gasteiger partial charge in [-0.25, -0.2) is 0 Å². The van der Waals surface area contributed by atoms with E-state index in [-0.39, 0.29) is 35.0 Å². The highest BCUT2D eigenvalue weighted by Crippen LogP contribution is 2.23. The third-order valence-electron chi connectivity index (χ3n) is 6.29. The van der Waals surface area contributed by atoms with Crippen molar-refractivity contribution in [2.24, 2.45) is 11.8 Å². The summed E-state index contributed by atoms with van der Waals surface area (Å²) >= 11 is 0. The smallest absolute Gasteiger partial charge is 0.251 e. The quantitative estimate of drug-likeness (QED) is 0.669. The first-order chi connectivity index (χ1) is 16.0. The molecule has 1 aliphatic heterocycles. The predicted octanol–water partition coefficient (Wildman–Crippen LogP) is 3.91. The van der Waals surface area contributed by atoms with Crippen LogP contribution in [0.25, 0.3) is 0 Å². The zero-order valence-corrected chi connectivity index (χ0v) is 21.0. The van der Waals surface area contributed by atoms with Gasteiger partial charge in [-0.15, -0.1) is 0 Å². The van der Waals surface area contributed by atoms with E-state index >= 15 is 0 Å². The first-order valence-corrected chi connectivity index (χ1v) is 11.9. The highest BCUT2D eigenvalue weighted by molar-refractivity contribution is 5.98. The van der Waals surface area contributed by atoms with Crippen LogP contribution in [0, 0.1) is 18.8 Å². The van der Waals surface area contributed by atoms with Crippen molar-refractivity contribution in [3.8, 4) is 0 Å². The summed E-state index contributed by atoms with van der Waals surface area (Å²) in [6.45, 7) is 12.9. The van der Waals surface area contributed by atoms with Crippen molar-refractivity contribution < 1.29 is 18.9 Å². The fourth-order valence-corrected chi connectivity index (χ4v) is 4.07. The molecule has 3 amide bonds. The molecule has 34 heavy (non-hydrogen) atoms. The molecule has 1 aromatic heterocycles. The Labute approximate surface area is 201 Å². The van der Waals surface area contributed by atoms with Crippen molar-refractivity contribution in [1.82, 2.24) is 15.4 Å². The number of nitrogens with one attached hydrogen (secondary N) is 2. The van der Waals surface area contributed by atoms with Crippen LogP contribution in [-0.2, 0) is 15.0 Å². The number of carbonyl (C=O) groups is 3. The molecule has 1 unspecified atom stereocenters. The molecule has 1 fully saturated rings. The Bertz CT molecular complexity index is 1010. The molecule has 1 atom stereocenters. The van der Waals surface area contributed by atoms with E-state index < -0.39 is 6.04 Å². The molecule has 0 bridgehead atoms. The van der Waals surface area contributed by atoms with Gasteiger partial charge in [-0.05, 0) is 48.8 Å². The van der Waals surface area contributed by atoms with Gasteiger partial charge in [0.25, 0.3) is 5.91 Å². The van der Waals surface area contributed by atoms with E-state index in [1.54, 1.807) is 30.0 Å². The molecule has 2 aromatic rings. The molecule has 8 heteroatoms. The number of likely N-dealkylation sites (tertiary alicyclic amines) is 1. The summed E-state index contributed by atoms with van der Waals surface area (Å²) in [5.74, 6) is 0.274. The molecule has 184 valence electrons. The maximum atomic E-state index is 13.3. The van der Waals surface area contributed by atoms with Gasteiger partial charge in [-0.3, -0.25) is 14.4 Å². The van der Waals surface area contributed by atoms with Gasteiger partial charge in [-0.2, -0.15) is 0 Å². The Kier molecular flexibility index (Phi) is 7.79. The fourth-order valence-electron chi connectivity index (χ4n) is 4.07. The first-order valence-electron chi connectivity index (χ1n) is 11.9. The van der Waals surface area contributed by atoms with E-state index in [0.29, 0.717) is 43.1 Å². The minimum absolute atomic E-state index is 0.00242. The number of aryl methyl sites for hydroxylation is 1. The average Bonchev–Trinajstić information content (AvgIpc) is 3.20. The molecule has 0 radical (unpaired) electrons. The van der Waals surface area contributed by atoms with Gasteiger partial charge >= 0.3 is 0 Å². The van der Waals surface area contributed by atoms with Crippen molar-refractivity contribution in [3.63, 3.8) is 0 Å². The summed E-state index contributed by atoms with van der Waals surface area (Å²) in [6, 6.07) is 8.56. The molecule has 1 aromatic carbocycles. The molecular weight excluding hydrogens is 432 g/mol. The molecule has 0 saturated carbocycles. The van der Waals surface area contributed by atoms with Crippen molar-refractivity contribution in [2.75, 3.05) is 18.4 Å². The minimum atomic E-state index is -0.627. The minimum Gasteiger partial charge on any atom is -0.360 e. The molecular formula is C26H36N4O4. The number of anilines is 1. The van der Waals surface area contributed by atoms with Gasteiger partial charge < -0.3 is 20.1 Å². The third kappa shape index (κ3) is 6.24. The summed E-state index contributed by atoms with van der Waals surface area (Å²) in [5, 5.41) is 9.49. The van der Waals surface area contributed by atoms with Gasteiger partial charge in [0.1, 0.15) is 11.8 Å². The Balaban J connectivity index is 1.57. The summed E-state index contributed by atoms with van der Waals surface area (Å²) < 4.78 is 4.98. The second kappa shape index (κ2) is 10.4. The topological polar surface area (TPSA) is 105 Å². The second-order valence-corrected chi connectivity index (χ2v) is 10.4. The monoisotopic (exact) mass is 468 g/mol. The zero-order valence-electron chi connectivity index (χ0n) is 21.0. The average molecular weight is 469 g/mol. The number of carbonyl (C=O) groups excluding carboxylic acids is 3. The molecule has 1 aliphatic rings. The maximum absolute atomic E-state index is 13.3. The molecule has 2 heterocycles. The maximum Gasteiger partial charge on any atom is 0.251 e. The van der Waals surface area contributed by atoms with Crippen LogP contribution in [0.2, 0.25) is 0 Å². The Morgan fingerprint density at radius 2 is 1.71 bits per heavy atom. The van der Waals surface area contributed by atoms with Crippen LogP contribution in [-0.4, -0.2) is 46.9 Å².